The molecular formula is C18H21NO6S2. The molecule has 0 amide bonds. The monoisotopic (exact) mass is 411 g/mol. The largest absolute Gasteiger partial charge is 0.497 e. The third-order valence-electron chi connectivity index (χ3n) is 4.51. The average molecular weight is 412 g/mol. The van der Waals surface area contributed by atoms with Gasteiger partial charge in [-0.15, -0.1) is 0 Å². The molecular weight excluding hydrogens is 390 g/mol. The van der Waals surface area contributed by atoms with Crippen LogP contribution in [0.25, 0.3) is 0 Å². The van der Waals surface area contributed by atoms with Gasteiger partial charge in [-0.05, 0) is 29.8 Å². The Balaban J connectivity index is 2.02. The Hall–Kier alpha value is -1.94. The quantitative estimate of drug-likeness (QED) is 0.762. The second kappa shape index (κ2) is 7.59. The van der Waals surface area contributed by atoms with Crippen molar-refractivity contribution in [3.8, 4) is 5.75 Å². The molecule has 0 bridgehead atoms. The molecule has 3 rings (SSSR count). The van der Waals surface area contributed by atoms with E-state index < -0.39 is 43.5 Å². The molecule has 2 atom stereocenters. The maximum absolute atomic E-state index is 13.3. The maximum Gasteiger partial charge on any atom is 0.243 e. The van der Waals surface area contributed by atoms with Gasteiger partial charge in [0.05, 0.1) is 35.7 Å². The minimum atomic E-state index is -4.04. The molecule has 0 saturated carbocycles. The summed E-state index contributed by atoms with van der Waals surface area (Å²) in [4.78, 5) is 0.00993. The summed E-state index contributed by atoms with van der Waals surface area (Å²) in [5, 5.41) is 10.3. The first-order valence-corrected chi connectivity index (χ1v) is 11.6. The lowest BCUT2D eigenvalue weighted by atomic mass is 10.2. The molecule has 146 valence electrons. The first kappa shape index (κ1) is 19.8. The molecule has 1 aliphatic heterocycles. The first-order valence-electron chi connectivity index (χ1n) is 8.31. The van der Waals surface area contributed by atoms with Gasteiger partial charge in [-0.2, -0.15) is 4.31 Å². The van der Waals surface area contributed by atoms with Gasteiger partial charge < -0.3 is 9.84 Å². The molecule has 1 aliphatic rings. The molecule has 9 heteroatoms. The normalized spacial score (nSPS) is 22.0. The van der Waals surface area contributed by atoms with Crippen LogP contribution >= 0.6 is 0 Å². The Morgan fingerprint density at radius 3 is 2.22 bits per heavy atom. The Kier molecular flexibility index (Phi) is 5.57. The van der Waals surface area contributed by atoms with Gasteiger partial charge >= 0.3 is 0 Å². The summed E-state index contributed by atoms with van der Waals surface area (Å²) >= 11 is 0. The van der Waals surface area contributed by atoms with Crippen LogP contribution in [-0.4, -0.2) is 57.0 Å². The van der Waals surface area contributed by atoms with Gasteiger partial charge in [0.25, 0.3) is 0 Å². The lowest BCUT2D eigenvalue weighted by Gasteiger charge is -2.29. The molecule has 1 heterocycles. The van der Waals surface area contributed by atoms with Gasteiger partial charge in [0.1, 0.15) is 5.75 Å². The zero-order valence-electron chi connectivity index (χ0n) is 14.7. The highest BCUT2D eigenvalue weighted by Crippen LogP contribution is 2.28. The van der Waals surface area contributed by atoms with Crippen molar-refractivity contribution in [2.75, 3.05) is 18.6 Å². The Morgan fingerprint density at radius 2 is 1.70 bits per heavy atom. The summed E-state index contributed by atoms with van der Waals surface area (Å²) in [6.07, 6.45) is -1.27. The molecule has 7 nitrogen and oxygen atoms in total. The SMILES string of the molecule is COc1ccc(S(=O)(=O)N(Cc2ccccc2)[C@@H]2CS(=O)(=O)C[C@@H]2O)cc1. The fourth-order valence-electron chi connectivity index (χ4n) is 3.11. The highest BCUT2D eigenvalue weighted by atomic mass is 32.2. The number of aliphatic hydroxyl groups excluding tert-OH is 1. The number of sulfone groups is 1. The molecule has 0 unspecified atom stereocenters. The molecule has 27 heavy (non-hydrogen) atoms. The summed E-state index contributed by atoms with van der Waals surface area (Å²) in [6.45, 7) is -0.0353. The van der Waals surface area contributed by atoms with E-state index in [1.807, 2.05) is 0 Å². The van der Waals surface area contributed by atoms with Gasteiger partial charge in [-0.1, -0.05) is 30.3 Å². The fraction of sp³-hybridized carbons (Fsp3) is 0.333. The van der Waals surface area contributed by atoms with Crippen molar-refractivity contribution in [1.82, 2.24) is 4.31 Å². The summed E-state index contributed by atoms with van der Waals surface area (Å²) in [5.74, 6) is -0.343. The van der Waals surface area contributed by atoms with E-state index in [0.717, 1.165) is 4.31 Å². The molecule has 1 saturated heterocycles. The Morgan fingerprint density at radius 1 is 1.07 bits per heavy atom. The number of benzene rings is 2. The highest BCUT2D eigenvalue weighted by molar-refractivity contribution is 7.92. The zero-order chi connectivity index (χ0) is 19.7. The average Bonchev–Trinajstić information content (AvgIpc) is 2.92. The molecule has 0 spiro atoms. The van der Waals surface area contributed by atoms with Crippen molar-refractivity contribution >= 4 is 19.9 Å². The third-order valence-corrected chi connectivity index (χ3v) is 8.09. The molecule has 1 N–H and O–H groups in total. The van der Waals surface area contributed by atoms with Crippen LogP contribution in [0.4, 0.5) is 0 Å². The third kappa shape index (κ3) is 4.32. The number of sulfonamides is 1. The fourth-order valence-corrected chi connectivity index (χ4v) is 6.65. The lowest BCUT2D eigenvalue weighted by molar-refractivity contribution is 0.125. The number of hydrogen-bond acceptors (Lipinski definition) is 6. The maximum atomic E-state index is 13.3. The molecule has 0 radical (unpaired) electrons. The van der Waals surface area contributed by atoms with E-state index in [1.165, 1.54) is 31.4 Å². The van der Waals surface area contributed by atoms with E-state index >= 15 is 0 Å². The van der Waals surface area contributed by atoms with E-state index in [2.05, 4.69) is 0 Å². The van der Waals surface area contributed by atoms with Crippen molar-refractivity contribution in [1.29, 1.82) is 0 Å². The van der Waals surface area contributed by atoms with Crippen LogP contribution < -0.4 is 4.74 Å². The molecule has 0 aliphatic carbocycles. The zero-order valence-corrected chi connectivity index (χ0v) is 16.4. The molecule has 2 aromatic rings. The van der Waals surface area contributed by atoms with E-state index in [4.69, 9.17) is 4.74 Å². The lowest BCUT2D eigenvalue weighted by Crippen LogP contribution is -2.46. The van der Waals surface area contributed by atoms with Crippen LogP contribution in [0, 0.1) is 0 Å². The number of methoxy groups -OCH3 is 1. The predicted octanol–water partition coefficient (Wildman–Crippen LogP) is 1.04. The number of aliphatic hydroxyl groups is 1. The highest BCUT2D eigenvalue weighted by Gasteiger charge is 2.44. The van der Waals surface area contributed by atoms with Crippen molar-refractivity contribution < 1.29 is 26.7 Å². The van der Waals surface area contributed by atoms with Gasteiger partial charge in [0, 0.05) is 6.54 Å². The number of hydrogen-bond donors (Lipinski definition) is 1. The summed E-state index contributed by atoms with van der Waals surface area (Å²) in [6, 6.07) is 13.7. The second-order valence-corrected chi connectivity index (χ2v) is 10.5. The molecule has 2 aromatic carbocycles. The first-order chi connectivity index (χ1) is 12.7. The molecule has 1 fully saturated rings. The van der Waals surface area contributed by atoms with Crippen molar-refractivity contribution in [3.05, 3.63) is 60.2 Å². The van der Waals surface area contributed by atoms with Crippen LogP contribution in [-0.2, 0) is 26.4 Å². The predicted molar refractivity (Wildman–Crippen MR) is 101 cm³/mol. The van der Waals surface area contributed by atoms with Crippen LogP contribution in [0.2, 0.25) is 0 Å². The van der Waals surface area contributed by atoms with Gasteiger partial charge in [-0.25, -0.2) is 16.8 Å². The van der Waals surface area contributed by atoms with Crippen LogP contribution in [0.5, 0.6) is 5.75 Å². The van der Waals surface area contributed by atoms with Crippen molar-refractivity contribution in [2.24, 2.45) is 0 Å². The number of nitrogens with zero attached hydrogens (tertiary/aromatic N) is 1. The van der Waals surface area contributed by atoms with Crippen molar-refractivity contribution in [2.45, 2.75) is 23.6 Å². The van der Waals surface area contributed by atoms with Crippen LogP contribution in [0.1, 0.15) is 5.56 Å². The topological polar surface area (TPSA) is 101 Å². The number of rotatable bonds is 6. The van der Waals surface area contributed by atoms with Gasteiger partial charge in [0.2, 0.25) is 10.0 Å². The minimum Gasteiger partial charge on any atom is -0.497 e. The summed E-state index contributed by atoms with van der Waals surface area (Å²) in [5.41, 5.74) is 0.700. The van der Waals surface area contributed by atoms with Crippen molar-refractivity contribution in [3.63, 3.8) is 0 Å². The standard InChI is InChI=1S/C18H21NO6S2/c1-25-15-7-9-16(10-8-15)27(23,24)19(11-14-5-3-2-4-6-14)17-12-26(21,22)13-18(17)20/h2-10,17-18,20H,11-13H2,1H3/t17-,18+/m1/s1. The smallest absolute Gasteiger partial charge is 0.243 e. The van der Waals surface area contributed by atoms with E-state index in [9.17, 15) is 21.9 Å². The minimum absolute atomic E-state index is 0.00993. The summed E-state index contributed by atoms with van der Waals surface area (Å²) < 4.78 is 56.6. The van der Waals surface area contributed by atoms with E-state index in [-0.39, 0.29) is 11.4 Å². The Labute approximate surface area is 159 Å². The Bertz CT molecular complexity index is 988. The van der Waals surface area contributed by atoms with E-state index in [1.54, 1.807) is 30.3 Å². The summed E-state index contributed by atoms with van der Waals surface area (Å²) in [7, 11) is -6.07. The van der Waals surface area contributed by atoms with Gasteiger partial charge in [-0.3, -0.25) is 0 Å². The van der Waals surface area contributed by atoms with Crippen LogP contribution in [0.15, 0.2) is 59.5 Å². The van der Waals surface area contributed by atoms with Crippen LogP contribution in [0.3, 0.4) is 0 Å². The number of ether oxygens (including phenoxy) is 1. The van der Waals surface area contributed by atoms with E-state index in [0.29, 0.717) is 11.3 Å². The molecule has 0 aromatic heterocycles. The second-order valence-electron chi connectivity index (χ2n) is 6.42. The van der Waals surface area contributed by atoms with Gasteiger partial charge in [0.15, 0.2) is 9.84 Å².